The molecule has 20 heavy (non-hydrogen) atoms. The maximum Gasteiger partial charge on any atom is 0.326 e. The Bertz CT molecular complexity index is 403. The van der Waals surface area contributed by atoms with Crippen LogP contribution in [0.3, 0.4) is 0 Å². The Hall–Kier alpha value is -2.10. The Morgan fingerprint density at radius 2 is 2.15 bits per heavy atom. The summed E-state index contributed by atoms with van der Waals surface area (Å²) in [6, 6.07) is 1.89. The van der Waals surface area contributed by atoms with Gasteiger partial charge in [-0.1, -0.05) is 6.42 Å². The van der Waals surface area contributed by atoms with Gasteiger partial charge in [-0.2, -0.15) is 5.26 Å². The van der Waals surface area contributed by atoms with Crippen LogP contribution >= 0.6 is 0 Å². The molecule has 1 fully saturated rings. The number of carbonyl (C=O) groups excluding carboxylic acids is 3. The first-order valence-corrected chi connectivity index (χ1v) is 6.70. The van der Waals surface area contributed by atoms with Crippen LogP contribution in [0, 0.1) is 11.3 Å². The average molecular weight is 281 g/mol. The third-order valence-corrected chi connectivity index (χ3v) is 2.91. The van der Waals surface area contributed by atoms with Gasteiger partial charge < -0.3 is 15.0 Å². The summed E-state index contributed by atoms with van der Waals surface area (Å²) in [6.45, 7) is 0.302. The lowest BCUT2D eigenvalue weighted by molar-refractivity contribution is -0.152. The van der Waals surface area contributed by atoms with Crippen LogP contribution in [0.2, 0.25) is 0 Å². The van der Waals surface area contributed by atoms with Crippen molar-refractivity contribution in [2.45, 2.75) is 32.1 Å². The molecule has 1 heterocycles. The van der Waals surface area contributed by atoms with Crippen LogP contribution in [-0.2, 0) is 19.1 Å². The van der Waals surface area contributed by atoms with E-state index in [1.807, 2.05) is 6.07 Å². The molecule has 7 nitrogen and oxygen atoms in total. The first-order valence-electron chi connectivity index (χ1n) is 6.70. The predicted octanol–water partition coefficient (Wildman–Crippen LogP) is -0.0379. The van der Waals surface area contributed by atoms with Gasteiger partial charge in [0.1, 0.15) is 6.54 Å². The fourth-order valence-corrected chi connectivity index (χ4v) is 1.86. The van der Waals surface area contributed by atoms with Gasteiger partial charge in [0.05, 0.1) is 12.5 Å². The number of nitrogens with one attached hydrogen (secondary N) is 1. The monoisotopic (exact) mass is 281 g/mol. The number of esters is 1. The highest BCUT2D eigenvalue weighted by molar-refractivity contribution is 5.84. The molecule has 1 N–H and O–H groups in total. The van der Waals surface area contributed by atoms with Crippen molar-refractivity contribution < 1.29 is 19.1 Å². The molecular weight excluding hydrogens is 262 g/mol. The Morgan fingerprint density at radius 1 is 1.35 bits per heavy atom. The molecule has 0 aromatic carbocycles. The van der Waals surface area contributed by atoms with Gasteiger partial charge in [-0.15, -0.1) is 0 Å². The molecule has 2 amide bonds. The first kappa shape index (κ1) is 16.0. The summed E-state index contributed by atoms with van der Waals surface area (Å²) >= 11 is 0. The summed E-state index contributed by atoms with van der Waals surface area (Å²) in [5, 5.41) is 10.7. The topological polar surface area (TPSA) is 99.5 Å². The minimum atomic E-state index is -0.587. The first-order chi connectivity index (χ1) is 9.63. The van der Waals surface area contributed by atoms with Gasteiger partial charge in [0.2, 0.25) is 5.91 Å². The Labute approximate surface area is 117 Å². The second-order valence-electron chi connectivity index (χ2n) is 4.54. The molecule has 1 rings (SSSR count). The number of ether oxygens (including phenoxy) is 1. The van der Waals surface area contributed by atoms with Crippen molar-refractivity contribution in [1.29, 1.82) is 5.26 Å². The number of hydrogen-bond acceptors (Lipinski definition) is 5. The number of rotatable bonds is 6. The third kappa shape index (κ3) is 6.18. The largest absolute Gasteiger partial charge is 0.454 e. The molecule has 1 aliphatic heterocycles. The molecule has 1 aliphatic rings. The molecule has 0 bridgehead atoms. The van der Waals surface area contributed by atoms with Gasteiger partial charge in [-0.25, -0.2) is 0 Å². The lowest BCUT2D eigenvalue weighted by atomic mass is 10.2. The number of carbonyl (C=O) groups is 3. The second-order valence-corrected chi connectivity index (χ2v) is 4.54. The van der Waals surface area contributed by atoms with Crippen LogP contribution in [0.4, 0.5) is 0 Å². The van der Waals surface area contributed by atoms with Gasteiger partial charge in [0.25, 0.3) is 5.91 Å². The van der Waals surface area contributed by atoms with E-state index in [-0.39, 0.29) is 32.0 Å². The van der Waals surface area contributed by atoms with Crippen molar-refractivity contribution >= 4 is 17.8 Å². The molecule has 1 saturated heterocycles. The highest BCUT2D eigenvalue weighted by Crippen LogP contribution is 2.10. The van der Waals surface area contributed by atoms with E-state index < -0.39 is 11.9 Å². The predicted molar refractivity (Wildman–Crippen MR) is 69.2 cm³/mol. The van der Waals surface area contributed by atoms with E-state index in [9.17, 15) is 14.4 Å². The molecule has 0 atom stereocenters. The number of likely N-dealkylation sites (tertiary alicyclic amines) is 1. The van der Waals surface area contributed by atoms with E-state index in [0.717, 1.165) is 19.3 Å². The molecule has 0 unspecified atom stereocenters. The minimum absolute atomic E-state index is 0.0436. The van der Waals surface area contributed by atoms with Crippen molar-refractivity contribution in [1.82, 2.24) is 10.2 Å². The molecule has 0 saturated carbocycles. The number of nitrogens with zero attached hydrogens (tertiary/aromatic N) is 2. The van der Waals surface area contributed by atoms with Crippen molar-refractivity contribution in [2.24, 2.45) is 0 Å². The highest BCUT2D eigenvalue weighted by atomic mass is 16.5. The van der Waals surface area contributed by atoms with E-state index in [1.165, 1.54) is 4.90 Å². The molecule has 0 aliphatic carbocycles. The van der Waals surface area contributed by atoms with Gasteiger partial charge in [-0.05, 0) is 12.8 Å². The summed E-state index contributed by atoms with van der Waals surface area (Å²) in [5.41, 5.74) is 0. The fourth-order valence-electron chi connectivity index (χ4n) is 1.86. The molecular formula is C13H19N3O4. The van der Waals surface area contributed by atoms with Crippen LogP contribution in [-0.4, -0.2) is 48.9 Å². The molecule has 0 aromatic heterocycles. The van der Waals surface area contributed by atoms with Crippen molar-refractivity contribution in [3.63, 3.8) is 0 Å². The quantitative estimate of drug-likeness (QED) is 0.544. The third-order valence-electron chi connectivity index (χ3n) is 2.91. The normalized spacial score (nSPS) is 15.2. The Balaban J connectivity index is 2.23. The summed E-state index contributed by atoms with van der Waals surface area (Å²) < 4.78 is 4.80. The molecule has 0 aromatic rings. The van der Waals surface area contributed by atoms with Gasteiger partial charge >= 0.3 is 5.97 Å². The van der Waals surface area contributed by atoms with Crippen molar-refractivity contribution in [3.05, 3.63) is 0 Å². The zero-order valence-electron chi connectivity index (χ0n) is 11.4. The molecule has 7 heteroatoms. The SMILES string of the molecule is N#CCCNC(=O)COC(=O)CN1CCCCCC1=O. The Kier molecular flexibility index (Phi) is 7.11. The zero-order chi connectivity index (χ0) is 14.8. The van der Waals surface area contributed by atoms with E-state index >= 15 is 0 Å². The molecule has 0 radical (unpaired) electrons. The summed E-state index contributed by atoms with van der Waals surface area (Å²) in [5.74, 6) is -1.08. The lowest BCUT2D eigenvalue weighted by Gasteiger charge is -2.19. The van der Waals surface area contributed by atoms with Crippen LogP contribution in [0.1, 0.15) is 32.1 Å². The zero-order valence-corrected chi connectivity index (χ0v) is 11.4. The summed E-state index contributed by atoms with van der Waals surface area (Å²) in [4.78, 5) is 36.0. The lowest BCUT2D eigenvalue weighted by Crippen LogP contribution is -2.37. The van der Waals surface area contributed by atoms with E-state index in [1.54, 1.807) is 0 Å². The number of hydrogen-bond donors (Lipinski definition) is 1. The van der Waals surface area contributed by atoms with Crippen LogP contribution in [0.15, 0.2) is 0 Å². The van der Waals surface area contributed by atoms with E-state index in [2.05, 4.69) is 5.32 Å². The summed E-state index contributed by atoms with van der Waals surface area (Å²) in [7, 11) is 0. The smallest absolute Gasteiger partial charge is 0.326 e. The van der Waals surface area contributed by atoms with Crippen LogP contribution in [0.5, 0.6) is 0 Å². The standard InChI is InChI=1S/C13H19N3O4/c14-6-4-7-15-11(17)10-20-13(19)9-16-8-3-1-2-5-12(16)18/h1-5,7-10H2,(H,15,17). The van der Waals surface area contributed by atoms with E-state index in [4.69, 9.17) is 10.00 Å². The van der Waals surface area contributed by atoms with Gasteiger partial charge in [-0.3, -0.25) is 14.4 Å². The maximum atomic E-state index is 11.7. The second kappa shape index (κ2) is 8.91. The Morgan fingerprint density at radius 3 is 2.90 bits per heavy atom. The van der Waals surface area contributed by atoms with Crippen LogP contribution in [0.25, 0.3) is 0 Å². The average Bonchev–Trinajstić information content (AvgIpc) is 2.62. The maximum absolute atomic E-state index is 11.7. The van der Waals surface area contributed by atoms with Crippen molar-refractivity contribution in [2.75, 3.05) is 26.2 Å². The van der Waals surface area contributed by atoms with Crippen LogP contribution < -0.4 is 5.32 Å². The van der Waals surface area contributed by atoms with Gasteiger partial charge in [0.15, 0.2) is 6.61 Å². The van der Waals surface area contributed by atoms with Gasteiger partial charge in [0, 0.05) is 19.5 Å². The molecule has 0 spiro atoms. The number of amides is 2. The van der Waals surface area contributed by atoms with E-state index in [0.29, 0.717) is 13.0 Å². The molecule has 110 valence electrons. The number of nitriles is 1. The summed E-state index contributed by atoms with van der Waals surface area (Å²) in [6.07, 6.45) is 3.39. The minimum Gasteiger partial charge on any atom is -0.454 e. The fraction of sp³-hybridized carbons (Fsp3) is 0.692. The van der Waals surface area contributed by atoms with Crippen molar-refractivity contribution in [3.8, 4) is 6.07 Å². The highest BCUT2D eigenvalue weighted by Gasteiger charge is 2.20.